The number of nitrogens with one attached hydrogen (secondary N) is 1. The summed E-state index contributed by atoms with van der Waals surface area (Å²) >= 11 is 0. The van der Waals surface area contributed by atoms with Crippen LogP contribution in [-0.2, 0) is 10.2 Å². The van der Waals surface area contributed by atoms with E-state index in [0.717, 1.165) is 44.1 Å². The number of anilines is 1. The topological polar surface area (TPSA) is 75.4 Å². The predicted octanol–water partition coefficient (Wildman–Crippen LogP) is 1.72. The Morgan fingerprint density at radius 3 is 2.45 bits per heavy atom. The molecule has 0 aromatic heterocycles. The van der Waals surface area contributed by atoms with Crippen LogP contribution in [0, 0.1) is 0 Å². The van der Waals surface area contributed by atoms with Crippen LogP contribution < -0.4 is 11.1 Å². The summed E-state index contributed by atoms with van der Waals surface area (Å²) in [6.07, 6.45) is 5.17. The van der Waals surface area contributed by atoms with Crippen molar-refractivity contribution in [3.63, 3.8) is 0 Å². The molecule has 0 bridgehead atoms. The molecule has 0 aliphatic heterocycles. The smallest absolute Gasteiger partial charge is 0.230 e. The third kappa shape index (κ3) is 2.40. The van der Waals surface area contributed by atoms with Gasteiger partial charge in [-0.05, 0) is 43.4 Å². The first kappa shape index (κ1) is 13.4. The summed E-state index contributed by atoms with van der Waals surface area (Å²) in [4.78, 5) is 12.6. The zero-order chi connectivity index (χ0) is 14.2. The van der Waals surface area contributed by atoms with Crippen molar-refractivity contribution in [3.05, 3.63) is 29.8 Å². The number of hydrogen-bond acceptors (Lipinski definition) is 3. The van der Waals surface area contributed by atoms with Gasteiger partial charge in [-0.1, -0.05) is 25.0 Å². The molecule has 108 valence electrons. The molecule has 2 aliphatic rings. The highest BCUT2D eigenvalue weighted by Gasteiger charge is 2.51. The number of benzene rings is 1. The Hall–Kier alpha value is -1.55. The van der Waals surface area contributed by atoms with Crippen LogP contribution in [0.2, 0.25) is 0 Å². The molecule has 1 aromatic carbocycles. The van der Waals surface area contributed by atoms with Gasteiger partial charge in [0, 0.05) is 5.69 Å². The van der Waals surface area contributed by atoms with E-state index in [9.17, 15) is 9.90 Å². The summed E-state index contributed by atoms with van der Waals surface area (Å²) in [5.74, 6) is 0.0632. The highest BCUT2D eigenvalue weighted by Crippen LogP contribution is 2.48. The minimum atomic E-state index is -0.394. The summed E-state index contributed by atoms with van der Waals surface area (Å²) in [6.45, 7) is 0. The molecule has 1 amide bonds. The molecule has 4 nitrogen and oxygen atoms in total. The van der Waals surface area contributed by atoms with E-state index < -0.39 is 6.10 Å². The predicted molar refractivity (Wildman–Crippen MR) is 78.2 cm³/mol. The van der Waals surface area contributed by atoms with Gasteiger partial charge in [0.05, 0.1) is 17.6 Å². The second kappa shape index (κ2) is 5.09. The number of nitrogen functional groups attached to an aromatic ring is 1. The molecule has 20 heavy (non-hydrogen) atoms. The first-order valence-electron chi connectivity index (χ1n) is 7.47. The SMILES string of the molecule is Nc1ccc(C2(C(=O)N[C@H]3CCCC[C@@H]3O)CC2)cc1. The van der Waals surface area contributed by atoms with Crippen molar-refractivity contribution >= 4 is 11.6 Å². The second-order valence-corrected chi connectivity index (χ2v) is 6.14. The van der Waals surface area contributed by atoms with Crippen LogP contribution in [0.1, 0.15) is 44.1 Å². The average Bonchev–Trinajstić information content (AvgIpc) is 3.24. The largest absolute Gasteiger partial charge is 0.399 e. The van der Waals surface area contributed by atoms with Crippen LogP contribution in [0.3, 0.4) is 0 Å². The van der Waals surface area contributed by atoms with Gasteiger partial charge in [-0.3, -0.25) is 4.79 Å². The highest BCUT2D eigenvalue weighted by molar-refractivity contribution is 5.91. The van der Waals surface area contributed by atoms with Crippen LogP contribution in [-0.4, -0.2) is 23.2 Å². The number of nitrogens with two attached hydrogens (primary N) is 1. The second-order valence-electron chi connectivity index (χ2n) is 6.14. The summed E-state index contributed by atoms with van der Waals surface area (Å²) in [7, 11) is 0. The van der Waals surface area contributed by atoms with E-state index in [2.05, 4.69) is 5.32 Å². The van der Waals surface area contributed by atoms with Gasteiger partial charge >= 0.3 is 0 Å². The van der Waals surface area contributed by atoms with Gasteiger partial charge in [-0.2, -0.15) is 0 Å². The minimum absolute atomic E-state index is 0.0632. The number of amides is 1. The Kier molecular flexibility index (Phi) is 3.42. The lowest BCUT2D eigenvalue weighted by atomic mass is 9.90. The van der Waals surface area contributed by atoms with Crippen molar-refractivity contribution < 1.29 is 9.90 Å². The Labute approximate surface area is 119 Å². The number of carbonyl (C=O) groups excluding carboxylic acids is 1. The Morgan fingerprint density at radius 1 is 1.20 bits per heavy atom. The van der Waals surface area contributed by atoms with Gasteiger partial charge in [-0.15, -0.1) is 0 Å². The standard InChI is InChI=1S/C16H22N2O2/c17-12-7-5-11(6-8-12)16(9-10-16)15(20)18-13-3-1-2-4-14(13)19/h5-8,13-14,19H,1-4,9-10,17H2,(H,18,20)/t13-,14-/m0/s1. The minimum Gasteiger partial charge on any atom is -0.399 e. The van der Waals surface area contributed by atoms with Crippen LogP contribution in [0.4, 0.5) is 5.69 Å². The van der Waals surface area contributed by atoms with E-state index in [1.165, 1.54) is 0 Å². The molecule has 2 fully saturated rings. The Bertz CT molecular complexity index is 494. The monoisotopic (exact) mass is 274 g/mol. The number of aliphatic hydroxyl groups excluding tert-OH is 1. The van der Waals surface area contributed by atoms with E-state index in [1.807, 2.05) is 24.3 Å². The fourth-order valence-corrected chi connectivity index (χ4v) is 3.16. The molecular weight excluding hydrogens is 252 g/mol. The van der Waals surface area contributed by atoms with E-state index in [-0.39, 0.29) is 17.4 Å². The van der Waals surface area contributed by atoms with Gasteiger partial charge < -0.3 is 16.2 Å². The van der Waals surface area contributed by atoms with Crippen molar-refractivity contribution in [2.24, 2.45) is 0 Å². The quantitative estimate of drug-likeness (QED) is 0.735. The molecular formula is C16H22N2O2. The van der Waals surface area contributed by atoms with Gasteiger partial charge in [0.1, 0.15) is 0 Å². The summed E-state index contributed by atoms with van der Waals surface area (Å²) in [5.41, 5.74) is 7.07. The van der Waals surface area contributed by atoms with Gasteiger partial charge in [-0.25, -0.2) is 0 Å². The lowest BCUT2D eigenvalue weighted by molar-refractivity contribution is -0.125. The maximum absolute atomic E-state index is 12.6. The Balaban J connectivity index is 1.71. The molecule has 0 saturated heterocycles. The fourth-order valence-electron chi connectivity index (χ4n) is 3.16. The number of rotatable bonds is 3. The van der Waals surface area contributed by atoms with Gasteiger partial charge in [0.2, 0.25) is 5.91 Å². The summed E-state index contributed by atoms with van der Waals surface area (Å²) in [5, 5.41) is 13.0. The number of hydrogen-bond donors (Lipinski definition) is 3. The van der Waals surface area contributed by atoms with Crippen LogP contribution in [0.5, 0.6) is 0 Å². The van der Waals surface area contributed by atoms with Crippen molar-refractivity contribution in [3.8, 4) is 0 Å². The van der Waals surface area contributed by atoms with Crippen molar-refractivity contribution in [1.29, 1.82) is 0 Å². The van der Waals surface area contributed by atoms with Crippen LogP contribution >= 0.6 is 0 Å². The molecule has 0 heterocycles. The highest BCUT2D eigenvalue weighted by atomic mass is 16.3. The van der Waals surface area contributed by atoms with E-state index >= 15 is 0 Å². The number of aliphatic hydroxyl groups is 1. The molecule has 2 atom stereocenters. The van der Waals surface area contributed by atoms with Crippen molar-refractivity contribution in [2.45, 2.75) is 56.1 Å². The molecule has 4 heteroatoms. The molecule has 1 aromatic rings. The average molecular weight is 274 g/mol. The van der Waals surface area contributed by atoms with Crippen LogP contribution in [0.25, 0.3) is 0 Å². The molecule has 2 aliphatic carbocycles. The molecule has 0 radical (unpaired) electrons. The molecule has 0 unspecified atom stereocenters. The maximum Gasteiger partial charge on any atom is 0.230 e. The van der Waals surface area contributed by atoms with E-state index in [1.54, 1.807) is 0 Å². The zero-order valence-electron chi connectivity index (χ0n) is 11.6. The first-order valence-corrected chi connectivity index (χ1v) is 7.47. The van der Waals surface area contributed by atoms with Gasteiger partial charge in [0.25, 0.3) is 0 Å². The summed E-state index contributed by atoms with van der Waals surface area (Å²) < 4.78 is 0. The first-order chi connectivity index (χ1) is 9.62. The van der Waals surface area contributed by atoms with Crippen molar-refractivity contribution in [1.82, 2.24) is 5.32 Å². The molecule has 3 rings (SSSR count). The van der Waals surface area contributed by atoms with Gasteiger partial charge in [0.15, 0.2) is 0 Å². The van der Waals surface area contributed by atoms with E-state index in [4.69, 9.17) is 5.73 Å². The Morgan fingerprint density at radius 2 is 1.85 bits per heavy atom. The molecule has 0 spiro atoms. The van der Waals surface area contributed by atoms with Crippen LogP contribution in [0.15, 0.2) is 24.3 Å². The molecule has 2 saturated carbocycles. The normalized spacial score (nSPS) is 27.9. The lowest BCUT2D eigenvalue weighted by Gasteiger charge is -2.30. The summed E-state index contributed by atoms with van der Waals surface area (Å²) in [6, 6.07) is 7.50. The maximum atomic E-state index is 12.6. The fraction of sp³-hybridized carbons (Fsp3) is 0.562. The number of carbonyl (C=O) groups is 1. The molecule has 4 N–H and O–H groups in total. The third-order valence-electron chi connectivity index (χ3n) is 4.69. The zero-order valence-corrected chi connectivity index (χ0v) is 11.6. The third-order valence-corrected chi connectivity index (χ3v) is 4.69. The van der Waals surface area contributed by atoms with Crippen molar-refractivity contribution in [2.75, 3.05) is 5.73 Å². The lowest BCUT2D eigenvalue weighted by Crippen LogP contribution is -2.48. The van der Waals surface area contributed by atoms with E-state index in [0.29, 0.717) is 5.69 Å².